The van der Waals surface area contributed by atoms with Crippen LogP contribution < -0.4 is 0 Å². The van der Waals surface area contributed by atoms with Crippen molar-refractivity contribution in [1.29, 1.82) is 0 Å². The van der Waals surface area contributed by atoms with Gasteiger partial charge in [0, 0.05) is 11.3 Å². The van der Waals surface area contributed by atoms with E-state index in [9.17, 15) is 9.90 Å². The van der Waals surface area contributed by atoms with Gasteiger partial charge >= 0.3 is 5.97 Å². The molecule has 0 saturated heterocycles. The van der Waals surface area contributed by atoms with Gasteiger partial charge in [-0.25, -0.2) is 14.3 Å². The lowest BCUT2D eigenvalue weighted by atomic mass is 10.1. The molecular formula is C14H11N3O2. The third-order valence-corrected chi connectivity index (χ3v) is 2.95. The number of nitrogens with zero attached hydrogens (tertiary/aromatic N) is 3. The van der Waals surface area contributed by atoms with E-state index in [1.165, 1.54) is 0 Å². The maximum absolute atomic E-state index is 11.2. The molecular weight excluding hydrogens is 242 g/mol. The van der Waals surface area contributed by atoms with Crippen LogP contribution in [0.25, 0.3) is 17.0 Å². The van der Waals surface area contributed by atoms with E-state index in [4.69, 9.17) is 0 Å². The zero-order valence-electron chi connectivity index (χ0n) is 10.2. The van der Waals surface area contributed by atoms with Gasteiger partial charge in [0.1, 0.15) is 0 Å². The Kier molecular flexibility index (Phi) is 2.52. The number of hydrogen-bond acceptors (Lipinski definition) is 3. The monoisotopic (exact) mass is 253 g/mol. The first-order chi connectivity index (χ1) is 9.16. The standard InChI is InChI=1S/C14H11N3O2/c1-9-5-4-8-12-15-13(16-17(9)12)10-6-2-3-7-11(10)14(18)19/h2-8H,1H3,(H,18,19). The van der Waals surface area contributed by atoms with Crippen molar-refractivity contribution >= 4 is 11.6 Å². The number of pyridine rings is 1. The SMILES string of the molecule is Cc1cccc2nc(-c3ccccc3C(=O)O)nn12. The number of carbonyl (C=O) groups is 1. The summed E-state index contributed by atoms with van der Waals surface area (Å²) in [5.74, 6) is -0.557. The molecule has 0 aliphatic rings. The topological polar surface area (TPSA) is 67.5 Å². The van der Waals surface area contributed by atoms with Crippen LogP contribution in [-0.2, 0) is 0 Å². The van der Waals surface area contributed by atoms with Crippen molar-refractivity contribution in [3.63, 3.8) is 0 Å². The van der Waals surface area contributed by atoms with E-state index in [0.717, 1.165) is 5.69 Å². The van der Waals surface area contributed by atoms with E-state index < -0.39 is 5.97 Å². The number of aromatic carboxylic acids is 1. The predicted molar refractivity (Wildman–Crippen MR) is 70.1 cm³/mol. The highest BCUT2D eigenvalue weighted by molar-refractivity contribution is 5.95. The summed E-state index contributed by atoms with van der Waals surface area (Å²) in [6, 6.07) is 12.4. The highest BCUT2D eigenvalue weighted by atomic mass is 16.4. The minimum absolute atomic E-state index is 0.205. The zero-order chi connectivity index (χ0) is 13.4. The fourth-order valence-electron chi connectivity index (χ4n) is 2.01. The Bertz CT molecular complexity index is 777. The first-order valence-electron chi connectivity index (χ1n) is 5.82. The maximum Gasteiger partial charge on any atom is 0.336 e. The van der Waals surface area contributed by atoms with Crippen molar-refractivity contribution in [2.75, 3.05) is 0 Å². The van der Waals surface area contributed by atoms with Crippen LogP contribution in [0.3, 0.4) is 0 Å². The second-order valence-corrected chi connectivity index (χ2v) is 4.22. The molecule has 0 bridgehead atoms. The van der Waals surface area contributed by atoms with Crippen molar-refractivity contribution in [2.45, 2.75) is 6.92 Å². The van der Waals surface area contributed by atoms with Gasteiger partial charge in [-0.2, -0.15) is 0 Å². The Morgan fingerprint density at radius 3 is 2.68 bits per heavy atom. The molecule has 0 radical (unpaired) electrons. The highest BCUT2D eigenvalue weighted by Gasteiger charge is 2.15. The third-order valence-electron chi connectivity index (χ3n) is 2.95. The Hall–Kier alpha value is -2.69. The van der Waals surface area contributed by atoms with Crippen LogP contribution in [-0.4, -0.2) is 25.7 Å². The lowest BCUT2D eigenvalue weighted by Crippen LogP contribution is -2.00. The molecule has 2 aromatic heterocycles. The second-order valence-electron chi connectivity index (χ2n) is 4.22. The van der Waals surface area contributed by atoms with Crippen molar-refractivity contribution in [3.05, 3.63) is 53.7 Å². The summed E-state index contributed by atoms with van der Waals surface area (Å²) in [4.78, 5) is 15.6. The normalized spacial score (nSPS) is 10.8. The summed E-state index contributed by atoms with van der Waals surface area (Å²) in [6.45, 7) is 1.93. The van der Waals surface area contributed by atoms with Gasteiger partial charge < -0.3 is 5.11 Å². The van der Waals surface area contributed by atoms with Crippen LogP contribution in [0.5, 0.6) is 0 Å². The van der Waals surface area contributed by atoms with Crippen molar-refractivity contribution in [2.24, 2.45) is 0 Å². The molecule has 3 rings (SSSR count). The van der Waals surface area contributed by atoms with Crippen molar-refractivity contribution < 1.29 is 9.90 Å². The number of carboxylic acid groups (broad SMARTS) is 1. The summed E-state index contributed by atoms with van der Waals surface area (Å²) >= 11 is 0. The molecule has 1 N–H and O–H groups in total. The Balaban J connectivity index is 2.25. The summed E-state index contributed by atoms with van der Waals surface area (Å²) in [5, 5.41) is 13.6. The van der Waals surface area contributed by atoms with Gasteiger partial charge in [-0.3, -0.25) is 0 Å². The van der Waals surface area contributed by atoms with Gasteiger partial charge in [0.15, 0.2) is 11.5 Å². The molecule has 0 saturated carbocycles. The summed E-state index contributed by atoms with van der Waals surface area (Å²) < 4.78 is 1.70. The number of benzene rings is 1. The molecule has 5 nitrogen and oxygen atoms in total. The van der Waals surface area contributed by atoms with Crippen LogP contribution in [0.2, 0.25) is 0 Å². The number of fused-ring (bicyclic) bond motifs is 1. The molecule has 2 heterocycles. The molecule has 0 atom stereocenters. The van der Waals surface area contributed by atoms with E-state index in [0.29, 0.717) is 17.0 Å². The van der Waals surface area contributed by atoms with Crippen LogP contribution >= 0.6 is 0 Å². The molecule has 19 heavy (non-hydrogen) atoms. The fourth-order valence-corrected chi connectivity index (χ4v) is 2.01. The van der Waals surface area contributed by atoms with Crippen molar-refractivity contribution in [1.82, 2.24) is 14.6 Å². The number of carboxylic acids is 1. The van der Waals surface area contributed by atoms with Crippen LogP contribution in [0.15, 0.2) is 42.5 Å². The predicted octanol–water partition coefficient (Wildman–Crippen LogP) is 2.40. The molecule has 0 unspecified atom stereocenters. The molecule has 5 heteroatoms. The average molecular weight is 253 g/mol. The maximum atomic E-state index is 11.2. The summed E-state index contributed by atoms with van der Waals surface area (Å²) in [5.41, 5.74) is 2.38. The fraction of sp³-hybridized carbons (Fsp3) is 0.0714. The molecule has 94 valence electrons. The second kappa shape index (κ2) is 4.20. The van der Waals surface area contributed by atoms with Gasteiger partial charge in [0.25, 0.3) is 0 Å². The molecule has 0 amide bonds. The van der Waals surface area contributed by atoms with E-state index in [1.807, 2.05) is 25.1 Å². The van der Waals surface area contributed by atoms with Crippen LogP contribution in [0.1, 0.15) is 16.1 Å². The molecule has 0 aliphatic heterocycles. The third kappa shape index (κ3) is 1.85. The van der Waals surface area contributed by atoms with Gasteiger partial charge in [0.2, 0.25) is 0 Å². The van der Waals surface area contributed by atoms with Gasteiger partial charge in [-0.1, -0.05) is 24.3 Å². The molecule has 0 spiro atoms. The lowest BCUT2D eigenvalue weighted by Gasteiger charge is -2.00. The Morgan fingerprint density at radius 2 is 1.95 bits per heavy atom. The lowest BCUT2D eigenvalue weighted by molar-refractivity contribution is 0.0697. The number of aryl methyl sites for hydroxylation is 1. The van der Waals surface area contributed by atoms with Crippen molar-refractivity contribution in [3.8, 4) is 11.4 Å². The first-order valence-corrected chi connectivity index (χ1v) is 5.82. The highest BCUT2D eigenvalue weighted by Crippen LogP contribution is 2.21. The Labute approximate surface area is 109 Å². The molecule has 1 aromatic carbocycles. The van der Waals surface area contributed by atoms with Gasteiger partial charge in [0.05, 0.1) is 5.56 Å². The quantitative estimate of drug-likeness (QED) is 0.761. The largest absolute Gasteiger partial charge is 0.478 e. The molecule has 0 fully saturated rings. The van der Waals surface area contributed by atoms with Gasteiger partial charge in [-0.05, 0) is 25.1 Å². The van der Waals surface area contributed by atoms with Crippen LogP contribution in [0, 0.1) is 6.92 Å². The minimum Gasteiger partial charge on any atom is -0.478 e. The van der Waals surface area contributed by atoms with Gasteiger partial charge in [-0.15, -0.1) is 5.10 Å². The average Bonchev–Trinajstić information content (AvgIpc) is 2.84. The smallest absolute Gasteiger partial charge is 0.336 e. The first kappa shape index (κ1) is 11.4. The zero-order valence-corrected chi connectivity index (χ0v) is 10.2. The molecule has 3 aromatic rings. The molecule has 0 aliphatic carbocycles. The summed E-state index contributed by atoms with van der Waals surface area (Å²) in [6.07, 6.45) is 0. The van der Waals surface area contributed by atoms with E-state index in [1.54, 1.807) is 28.8 Å². The van der Waals surface area contributed by atoms with E-state index in [2.05, 4.69) is 10.1 Å². The minimum atomic E-state index is -0.980. The summed E-state index contributed by atoms with van der Waals surface area (Å²) in [7, 11) is 0. The Morgan fingerprint density at radius 1 is 1.16 bits per heavy atom. The number of hydrogen-bond donors (Lipinski definition) is 1. The number of aromatic nitrogens is 3. The van der Waals surface area contributed by atoms with E-state index >= 15 is 0 Å². The van der Waals surface area contributed by atoms with E-state index in [-0.39, 0.29) is 5.56 Å². The number of rotatable bonds is 2. The van der Waals surface area contributed by atoms with Crippen LogP contribution in [0.4, 0.5) is 0 Å².